The minimum atomic E-state index is -0.850. The van der Waals surface area contributed by atoms with E-state index in [0.29, 0.717) is 17.8 Å². The summed E-state index contributed by atoms with van der Waals surface area (Å²) in [6, 6.07) is 5.44. The van der Waals surface area contributed by atoms with E-state index in [-0.39, 0.29) is 0 Å². The van der Waals surface area contributed by atoms with Crippen molar-refractivity contribution in [2.45, 2.75) is 12.5 Å². The van der Waals surface area contributed by atoms with Crippen LogP contribution in [-0.4, -0.2) is 16.1 Å². The fourth-order valence-electron chi connectivity index (χ4n) is 1.98. The van der Waals surface area contributed by atoms with E-state index in [4.69, 9.17) is 16.2 Å². The molecule has 1 amide bonds. The molecule has 0 aliphatic heterocycles. The van der Waals surface area contributed by atoms with E-state index in [9.17, 15) is 4.79 Å². The van der Waals surface area contributed by atoms with E-state index in [1.807, 2.05) is 18.2 Å². The van der Waals surface area contributed by atoms with Gasteiger partial charge >= 0.3 is 6.09 Å². The first-order chi connectivity index (χ1) is 10.1. The van der Waals surface area contributed by atoms with Gasteiger partial charge in [0.15, 0.2) is 0 Å². The fraction of sp³-hybridized carbons (Fsp3) is 0.133. The Hall–Kier alpha value is -2.89. The van der Waals surface area contributed by atoms with Crippen molar-refractivity contribution in [2.75, 3.05) is 5.73 Å². The van der Waals surface area contributed by atoms with Crippen molar-refractivity contribution in [3.63, 3.8) is 0 Å². The average Bonchev–Trinajstić information content (AvgIpc) is 2.47. The number of anilines is 1. The van der Waals surface area contributed by atoms with Gasteiger partial charge in [0.05, 0.1) is 17.6 Å². The molecule has 1 unspecified atom stereocenters. The predicted octanol–water partition coefficient (Wildman–Crippen LogP) is 2.44. The van der Waals surface area contributed by atoms with E-state index < -0.39 is 12.2 Å². The Kier molecular flexibility index (Phi) is 4.50. The average molecular weight is 284 g/mol. The lowest BCUT2D eigenvalue weighted by molar-refractivity contribution is 0.106. The van der Waals surface area contributed by atoms with Crippen molar-refractivity contribution in [2.24, 2.45) is 5.73 Å². The van der Waals surface area contributed by atoms with Crippen molar-refractivity contribution in [3.8, 4) is 11.1 Å². The predicted molar refractivity (Wildman–Crippen MR) is 80.1 cm³/mol. The van der Waals surface area contributed by atoms with Gasteiger partial charge in [0.1, 0.15) is 6.10 Å². The van der Waals surface area contributed by atoms with Crippen LogP contribution in [-0.2, 0) is 4.74 Å². The Bertz CT molecular complexity index is 658. The molecule has 2 aromatic rings. The number of primary amides is 1. The molecule has 2 aromatic heterocycles. The van der Waals surface area contributed by atoms with Crippen LogP contribution >= 0.6 is 0 Å². The van der Waals surface area contributed by atoms with E-state index in [1.54, 1.807) is 24.7 Å². The maximum Gasteiger partial charge on any atom is 0.405 e. The van der Waals surface area contributed by atoms with Crippen LogP contribution in [0.3, 0.4) is 0 Å². The Balaban J connectivity index is 2.38. The van der Waals surface area contributed by atoms with Crippen LogP contribution in [0.2, 0.25) is 0 Å². The number of hydrogen-bond acceptors (Lipinski definition) is 5. The zero-order valence-electron chi connectivity index (χ0n) is 11.4. The van der Waals surface area contributed by atoms with Crippen LogP contribution in [0.25, 0.3) is 11.1 Å². The van der Waals surface area contributed by atoms with E-state index >= 15 is 0 Å². The van der Waals surface area contributed by atoms with Gasteiger partial charge in [0.2, 0.25) is 0 Å². The van der Waals surface area contributed by atoms with Crippen LogP contribution in [0, 0.1) is 0 Å². The van der Waals surface area contributed by atoms with Gasteiger partial charge in [-0.05, 0) is 23.8 Å². The number of carbonyl (C=O) groups is 1. The molecule has 0 aliphatic carbocycles. The fourth-order valence-corrected chi connectivity index (χ4v) is 1.98. The highest BCUT2D eigenvalue weighted by molar-refractivity contribution is 5.75. The van der Waals surface area contributed by atoms with Crippen LogP contribution in [0.15, 0.2) is 49.4 Å². The summed E-state index contributed by atoms with van der Waals surface area (Å²) in [7, 11) is 0. The van der Waals surface area contributed by atoms with Gasteiger partial charge in [0.25, 0.3) is 0 Å². The highest BCUT2D eigenvalue weighted by Crippen LogP contribution is 2.28. The highest BCUT2D eigenvalue weighted by Gasteiger charge is 2.16. The van der Waals surface area contributed by atoms with Crippen molar-refractivity contribution in [1.82, 2.24) is 9.97 Å². The number of carbonyl (C=O) groups excluding carboxylic acids is 1. The molecule has 2 heterocycles. The summed E-state index contributed by atoms with van der Waals surface area (Å²) in [5, 5.41) is 0. The van der Waals surface area contributed by atoms with E-state index in [0.717, 1.165) is 11.1 Å². The monoisotopic (exact) mass is 284 g/mol. The molecule has 0 saturated carbocycles. The Morgan fingerprint density at radius 1 is 1.43 bits per heavy atom. The number of pyridine rings is 2. The molecule has 1 atom stereocenters. The number of aromatic nitrogens is 2. The molecule has 0 fully saturated rings. The molecular weight excluding hydrogens is 268 g/mol. The number of nitrogens with two attached hydrogens (primary N) is 2. The maximum absolute atomic E-state index is 11.0. The van der Waals surface area contributed by atoms with Crippen LogP contribution < -0.4 is 11.5 Å². The quantitative estimate of drug-likeness (QED) is 0.820. The minimum Gasteiger partial charge on any atom is -0.440 e. The Morgan fingerprint density at radius 3 is 2.90 bits per heavy atom. The zero-order valence-corrected chi connectivity index (χ0v) is 11.4. The largest absolute Gasteiger partial charge is 0.440 e. The molecule has 0 spiro atoms. The lowest BCUT2D eigenvalue weighted by Gasteiger charge is -2.15. The molecule has 21 heavy (non-hydrogen) atoms. The second-order valence-electron chi connectivity index (χ2n) is 4.38. The van der Waals surface area contributed by atoms with Gasteiger partial charge < -0.3 is 16.2 Å². The first-order valence-corrected chi connectivity index (χ1v) is 6.34. The van der Waals surface area contributed by atoms with E-state index in [1.165, 1.54) is 0 Å². The van der Waals surface area contributed by atoms with Crippen molar-refractivity contribution < 1.29 is 9.53 Å². The summed E-state index contributed by atoms with van der Waals surface area (Å²) in [5.74, 6) is 0. The van der Waals surface area contributed by atoms with Gasteiger partial charge in [-0.3, -0.25) is 9.97 Å². The standard InChI is InChI=1S/C15H16N4O2/c1-2-3-14(21-15(17)20)13-8-10(4-7-19-13)11-5-6-18-9-12(11)16/h2,4-9,14H,1,3,16H2,(H2,17,20). The van der Waals surface area contributed by atoms with Gasteiger partial charge in [0, 0.05) is 24.4 Å². The minimum absolute atomic E-state index is 0.422. The number of nitrogen functional groups attached to an aromatic ring is 1. The first kappa shape index (κ1) is 14.5. The third-order valence-corrected chi connectivity index (χ3v) is 2.91. The van der Waals surface area contributed by atoms with Crippen LogP contribution in [0.1, 0.15) is 18.2 Å². The molecule has 0 aliphatic rings. The highest BCUT2D eigenvalue weighted by atomic mass is 16.6. The Morgan fingerprint density at radius 2 is 2.24 bits per heavy atom. The van der Waals surface area contributed by atoms with Gasteiger partial charge in [-0.1, -0.05) is 6.08 Å². The lowest BCUT2D eigenvalue weighted by Crippen LogP contribution is -2.17. The summed E-state index contributed by atoms with van der Waals surface area (Å²) in [4.78, 5) is 19.2. The third-order valence-electron chi connectivity index (χ3n) is 2.91. The SMILES string of the molecule is C=CCC(OC(N)=O)c1cc(-c2ccncc2N)ccn1. The summed E-state index contributed by atoms with van der Waals surface area (Å²) >= 11 is 0. The van der Waals surface area contributed by atoms with Gasteiger partial charge in [-0.15, -0.1) is 6.58 Å². The molecule has 2 rings (SSSR count). The van der Waals surface area contributed by atoms with Crippen molar-refractivity contribution in [1.29, 1.82) is 0 Å². The molecule has 0 saturated heterocycles. The lowest BCUT2D eigenvalue weighted by atomic mass is 10.0. The molecule has 6 nitrogen and oxygen atoms in total. The zero-order chi connectivity index (χ0) is 15.2. The third kappa shape index (κ3) is 3.56. The molecule has 6 heteroatoms. The molecule has 0 aromatic carbocycles. The number of amides is 1. The number of nitrogens with zero attached hydrogens (tertiary/aromatic N) is 2. The second-order valence-corrected chi connectivity index (χ2v) is 4.38. The van der Waals surface area contributed by atoms with E-state index in [2.05, 4.69) is 16.5 Å². The maximum atomic E-state index is 11.0. The second kappa shape index (κ2) is 6.51. The summed E-state index contributed by atoms with van der Waals surface area (Å²) in [6.07, 6.45) is 5.52. The topological polar surface area (TPSA) is 104 Å². The molecule has 0 bridgehead atoms. The van der Waals surface area contributed by atoms with Gasteiger partial charge in [-0.25, -0.2) is 4.79 Å². The number of hydrogen-bond donors (Lipinski definition) is 2. The summed E-state index contributed by atoms with van der Waals surface area (Å²) < 4.78 is 5.06. The molecule has 4 N–H and O–H groups in total. The summed E-state index contributed by atoms with van der Waals surface area (Å²) in [5.41, 5.74) is 13.8. The summed E-state index contributed by atoms with van der Waals surface area (Å²) in [6.45, 7) is 3.64. The van der Waals surface area contributed by atoms with Gasteiger partial charge in [-0.2, -0.15) is 0 Å². The van der Waals surface area contributed by atoms with Crippen molar-refractivity contribution in [3.05, 3.63) is 55.1 Å². The number of rotatable bonds is 5. The smallest absolute Gasteiger partial charge is 0.405 e. The normalized spacial score (nSPS) is 11.6. The molecule has 108 valence electrons. The first-order valence-electron chi connectivity index (χ1n) is 6.34. The number of ether oxygens (including phenoxy) is 1. The van der Waals surface area contributed by atoms with Crippen LogP contribution in [0.4, 0.5) is 10.5 Å². The van der Waals surface area contributed by atoms with Crippen LogP contribution in [0.5, 0.6) is 0 Å². The molecular formula is C15H16N4O2. The Labute approximate surface area is 122 Å². The molecule has 0 radical (unpaired) electrons. The van der Waals surface area contributed by atoms with Crippen molar-refractivity contribution >= 4 is 11.8 Å².